The first-order valence-electron chi connectivity index (χ1n) is 10.9. The summed E-state index contributed by atoms with van der Waals surface area (Å²) in [5.74, 6) is 0.877. The number of ether oxygens (including phenoxy) is 3. The molecule has 1 aliphatic heterocycles. The number of amides is 1. The topological polar surface area (TPSA) is 116 Å². The molecule has 10 heteroatoms. The van der Waals surface area contributed by atoms with Crippen molar-refractivity contribution in [1.29, 1.82) is 0 Å². The number of aromatic nitrogens is 3. The van der Waals surface area contributed by atoms with Crippen LogP contribution in [0.25, 0.3) is 0 Å². The minimum atomic E-state index is -0.529. The Bertz CT molecular complexity index is 983. The van der Waals surface area contributed by atoms with E-state index in [1.54, 1.807) is 23.2 Å². The molecule has 0 saturated carbocycles. The van der Waals surface area contributed by atoms with Gasteiger partial charge in [0.15, 0.2) is 5.75 Å². The molecule has 3 rings (SSSR count). The molecule has 0 spiro atoms. The molecule has 2 aromatic heterocycles. The largest absolute Gasteiger partial charge is 0.469 e. The van der Waals surface area contributed by atoms with Crippen LogP contribution in [0.3, 0.4) is 0 Å². The summed E-state index contributed by atoms with van der Waals surface area (Å²) in [7, 11) is 1.33. The number of rotatable bonds is 6. The van der Waals surface area contributed by atoms with E-state index in [9.17, 15) is 9.59 Å². The van der Waals surface area contributed by atoms with Crippen LogP contribution < -0.4 is 10.1 Å². The average molecular weight is 458 g/mol. The molecule has 0 atom stereocenters. The first kappa shape index (κ1) is 24.2. The number of nitrogens with one attached hydrogen (secondary N) is 1. The molecule has 1 saturated heterocycles. The van der Waals surface area contributed by atoms with E-state index in [1.807, 2.05) is 27.7 Å². The Morgan fingerprint density at radius 3 is 2.55 bits per heavy atom. The fourth-order valence-electron chi connectivity index (χ4n) is 3.39. The number of nitrogens with zero attached hydrogens (tertiary/aromatic N) is 4. The molecular weight excluding hydrogens is 426 g/mol. The highest BCUT2D eigenvalue weighted by atomic mass is 16.6. The summed E-state index contributed by atoms with van der Waals surface area (Å²) in [4.78, 5) is 39.0. The van der Waals surface area contributed by atoms with Crippen LogP contribution in [0, 0.1) is 6.92 Å². The van der Waals surface area contributed by atoms with E-state index in [2.05, 4.69) is 20.3 Å². The quantitative estimate of drug-likeness (QED) is 0.651. The highest BCUT2D eigenvalue weighted by molar-refractivity contribution is 5.75. The van der Waals surface area contributed by atoms with Gasteiger partial charge in [-0.15, -0.1) is 0 Å². The van der Waals surface area contributed by atoms with Gasteiger partial charge < -0.3 is 24.4 Å². The van der Waals surface area contributed by atoms with Gasteiger partial charge in [-0.3, -0.25) is 9.78 Å². The van der Waals surface area contributed by atoms with Crippen LogP contribution >= 0.6 is 0 Å². The van der Waals surface area contributed by atoms with Crippen molar-refractivity contribution < 1.29 is 23.8 Å². The number of hydrogen-bond acceptors (Lipinski definition) is 9. The number of carbonyl (C=O) groups excluding carboxylic acids is 2. The molecule has 0 unspecified atom stereocenters. The summed E-state index contributed by atoms with van der Waals surface area (Å²) < 4.78 is 16.3. The fraction of sp³-hybridized carbons (Fsp3) is 0.522. The monoisotopic (exact) mass is 457 g/mol. The molecule has 178 valence electrons. The van der Waals surface area contributed by atoms with E-state index in [0.29, 0.717) is 48.8 Å². The summed E-state index contributed by atoms with van der Waals surface area (Å²) in [6, 6.07) is 3.61. The molecule has 0 bridgehead atoms. The van der Waals surface area contributed by atoms with Crippen molar-refractivity contribution in [2.75, 3.05) is 25.5 Å². The minimum Gasteiger partial charge on any atom is -0.469 e. The third-order valence-corrected chi connectivity index (χ3v) is 5.11. The number of carbonyl (C=O) groups is 2. The highest BCUT2D eigenvalue weighted by Gasteiger charge is 2.28. The zero-order valence-electron chi connectivity index (χ0n) is 19.8. The molecule has 10 nitrogen and oxygen atoms in total. The second-order valence-electron chi connectivity index (χ2n) is 8.83. The van der Waals surface area contributed by atoms with Gasteiger partial charge in [0, 0.05) is 25.3 Å². The molecule has 1 N–H and O–H groups in total. The molecule has 2 aromatic rings. The van der Waals surface area contributed by atoms with Gasteiger partial charge in [-0.25, -0.2) is 14.8 Å². The molecular formula is C23H31N5O5. The maximum Gasteiger partial charge on any atom is 0.410 e. The smallest absolute Gasteiger partial charge is 0.410 e. The molecule has 0 radical (unpaired) electrons. The lowest BCUT2D eigenvalue weighted by Crippen LogP contribution is -2.44. The third kappa shape index (κ3) is 6.77. The normalized spacial score (nSPS) is 14.5. The van der Waals surface area contributed by atoms with Crippen molar-refractivity contribution in [3.05, 3.63) is 35.9 Å². The first-order valence-corrected chi connectivity index (χ1v) is 10.9. The maximum atomic E-state index is 12.3. The number of pyridine rings is 1. The van der Waals surface area contributed by atoms with Gasteiger partial charge in [0.1, 0.15) is 17.7 Å². The molecule has 33 heavy (non-hydrogen) atoms. The maximum absolute atomic E-state index is 12.3. The lowest BCUT2D eigenvalue weighted by molar-refractivity contribution is -0.139. The molecule has 3 heterocycles. The summed E-state index contributed by atoms with van der Waals surface area (Å²) in [5.41, 5.74) is 0.671. The second kappa shape index (κ2) is 10.5. The predicted molar refractivity (Wildman–Crippen MR) is 121 cm³/mol. The molecule has 0 aliphatic carbocycles. The lowest BCUT2D eigenvalue weighted by Gasteiger charge is -2.34. The minimum absolute atomic E-state index is 0.0505. The van der Waals surface area contributed by atoms with Crippen LogP contribution in [0.15, 0.2) is 24.7 Å². The van der Waals surface area contributed by atoms with E-state index < -0.39 is 11.6 Å². The van der Waals surface area contributed by atoms with Crippen molar-refractivity contribution in [3.8, 4) is 11.6 Å². The number of anilines is 1. The zero-order chi connectivity index (χ0) is 24.0. The SMILES string of the molecule is COC(=O)Cc1c(NC2CCN(C(=O)OC(C)(C)C)CC2)ncnc1Oc1cccnc1C. The number of aryl methyl sites for hydroxylation is 1. The summed E-state index contributed by atoms with van der Waals surface area (Å²) in [6.07, 6.45) is 4.12. The van der Waals surface area contributed by atoms with Gasteiger partial charge in [-0.05, 0) is 52.7 Å². The van der Waals surface area contributed by atoms with E-state index in [1.165, 1.54) is 13.4 Å². The van der Waals surface area contributed by atoms with Crippen LogP contribution in [0.5, 0.6) is 11.6 Å². The Morgan fingerprint density at radius 1 is 1.18 bits per heavy atom. The summed E-state index contributed by atoms with van der Waals surface area (Å²) >= 11 is 0. The van der Waals surface area contributed by atoms with Crippen LogP contribution in [0.4, 0.5) is 10.6 Å². The second-order valence-corrected chi connectivity index (χ2v) is 8.83. The average Bonchev–Trinajstić information content (AvgIpc) is 2.76. The van der Waals surface area contributed by atoms with Gasteiger partial charge in [0.2, 0.25) is 5.88 Å². The van der Waals surface area contributed by atoms with Gasteiger partial charge in [-0.1, -0.05) is 0 Å². The van der Waals surface area contributed by atoms with Crippen molar-refractivity contribution in [2.24, 2.45) is 0 Å². The lowest BCUT2D eigenvalue weighted by atomic mass is 10.0. The Kier molecular flexibility index (Phi) is 7.67. The van der Waals surface area contributed by atoms with Crippen molar-refractivity contribution in [2.45, 2.75) is 58.6 Å². The molecule has 0 aromatic carbocycles. The van der Waals surface area contributed by atoms with E-state index in [-0.39, 0.29) is 24.4 Å². The van der Waals surface area contributed by atoms with E-state index >= 15 is 0 Å². The standard InChI is InChI=1S/C23H31N5O5/c1-15-18(7-6-10-24-15)32-21-17(13-19(29)31-5)20(25-14-26-21)27-16-8-11-28(12-9-16)22(30)33-23(2,3)4/h6-7,10,14,16H,8-9,11-13H2,1-5H3,(H,25,26,27). The number of methoxy groups -OCH3 is 1. The Morgan fingerprint density at radius 2 is 1.91 bits per heavy atom. The van der Waals surface area contributed by atoms with E-state index in [4.69, 9.17) is 14.2 Å². The third-order valence-electron chi connectivity index (χ3n) is 5.11. The number of hydrogen-bond donors (Lipinski definition) is 1. The van der Waals surface area contributed by atoms with Gasteiger partial charge in [0.25, 0.3) is 0 Å². The number of piperidine rings is 1. The molecule has 1 aliphatic rings. The Labute approximate surface area is 193 Å². The van der Waals surface area contributed by atoms with Crippen molar-refractivity contribution >= 4 is 17.9 Å². The number of esters is 1. The molecule has 1 fully saturated rings. The van der Waals surface area contributed by atoms with Crippen LogP contribution in [-0.2, 0) is 20.7 Å². The van der Waals surface area contributed by atoms with Crippen LogP contribution in [-0.4, -0.2) is 63.8 Å². The van der Waals surface area contributed by atoms with Gasteiger partial charge >= 0.3 is 12.1 Å². The summed E-state index contributed by atoms with van der Waals surface area (Å²) in [6.45, 7) is 8.50. The van der Waals surface area contributed by atoms with Crippen molar-refractivity contribution in [3.63, 3.8) is 0 Å². The fourth-order valence-corrected chi connectivity index (χ4v) is 3.39. The van der Waals surface area contributed by atoms with Crippen LogP contribution in [0.1, 0.15) is 44.9 Å². The zero-order valence-corrected chi connectivity index (χ0v) is 19.8. The first-order chi connectivity index (χ1) is 15.7. The molecule has 1 amide bonds. The van der Waals surface area contributed by atoms with Gasteiger partial charge in [0.05, 0.1) is 24.8 Å². The predicted octanol–water partition coefficient (Wildman–Crippen LogP) is 3.50. The highest BCUT2D eigenvalue weighted by Crippen LogP contribution is 2.30. The van der Waals surface area contributed by atoms with Crippen LogP contribution in [0.2, 0.25) is 0 Å². The Hall–Kier alpha value is -3.43. The Balaban J connectivity index is 1.74. The van der Waals surface area contributed by atoms with Gasteiger partial charge in [-0.2, -0.15) is 0 Å². The van der Waals surface area contributed by atoms with E-state index in [0.717, 1.165) is 0 Å². The summed E-state index contributed by atoms with van der Waals surface area (Å²) in [5, 5.41) is 3.39. The number of likely N-dealkylation sites (tertiary alicyclic amines) is 1. The van der Waals surface area contributed by atoms with Crippen molar-refractivity contribution in [1.82, 2.24) is 19.9 Å².